The maximum absolute atomic E-state index is 11.6. The number of aliphatic imine (C=N–C) groups is 1. The van der Waals surface area contributed by atoms with Crippen LogP contribution in [0.5, 0.6) is 0 Å². The zero-order chi connectivity index (χ0) is 11.8. The minimum absolute atomic E-state index is 0.367. The molecule has 0 spiro atoms. The maximum atomic E-state index is 11.6. The number of anilines is 1. The minimum atomic E-state index is -0.576. The Kier molecular flexibility index (Phi) is 2.07. The van der Waals surface area contributed by atoms with Crippen LogP contribution in [0.4, 0.5) is 10.5 Å². The SMILES string of the molecule is O=C1NC(=O)C2N=CN(c3ccccc3)C2N1. The van der Waals surface area contributed by atoms with Gasteiger partial charge >= 0.3 is 6.03 Å². The van der Waals surface area contributed by atoms with Crippen LogP contribution in [0.15, 0.2) is 35.3 Å². The molecule has 1 fully saturated rings. The number of carbonyl (C=O) groups excluding carboxylic acids is 2. The molecule has 0 bridgehead atoms. The number of nitrogens with one attached hydrogen (secondary N) is 2. The molecule has 3 amide bonds. The Morgan fingerprint density at radius 1 is 1.18 bits per heavy atom. The van der Waals surface area contributed by atoms with E-state index in [1.807, 2.05) is 30.3 Å². The van der Waals surface area contributed by atoms with E-state index in [1.54, 1.807) is 11.2 Å². The molecule has 2 unspecified atom stereocenters. The molecule has 17 heavy (non-hydrogen) atoms. The van der Waals surface area contributed by atoms with Crippen molar-refractivity contribution in [1.29, 1.82) is 0 Å². The standard InChI is InChI=1S/C11H10N4O2/c16-10-8-9(13-11(17)14-10)15(6-12-8)7-4-2-1-3-5-7/h1-6,8-9H,(H2,13,14,16,17). The molecular weight excluding hydrogens is 220 g/mol. The van der Waals surface area contributed by atoms with Crippen LogP contribution in [-0.2, 0) is 4.79 Å². The largest absolute Gasteiger partial charge is 0.323 e. The van der Waals surface area contributed by atoms with Gasteiger partial charge in [0.25, 0.3) is 5.91 Å². The van der Waals surface area contributed by atoms with Crippen molar-refractivity contribution < 1.29 is 9.59 Å². The van der Waals surface area contributed by atoms with Gasteiger partial charge in [-0.05, 0) is 12.1 Å². The first-order valence-corrected chi connectivity index (χ1v) is 5.24. The van der Waals surface area contributed by atoms with E-state index in [1.165, 1.54) is 0 Å². The number of fused-ring (bicyclic) bond motifs is 1. The lowest BCUT2D eigenvalue weighted by atomic mass is 10.1. The second-order valence-corrected chi connectivity index (χ2v) is 3.86. The summed E-state index contributed by atoms with van der Waals surface area (Å²) >= 11 is 0. The van der Waals surface area contributed by atoms with Gasteiger partial charge in [-0.1, -0.05) is 18.2 Å². The number of benzene rings is 1. The molecule has 6 nitrogen and oxygen atoms in total. The molecule has 2 aliphatic heterocycles. The first-order valence-electron chi connectivity index (χ1n) is 5.24. The van der Waals surface area contributed by atoms with Gasteiger partial charge in [0.05, 0.1) is 6.34 Å². The van der Waals surface area contributed by atoms with Gasteiger partial charge in [0, 0.05) is 5.69 Å². The summed E-state index contributed by atoms with van der Waals surface area (Å²) in [6.07, 6.45) is 1.15. The number of nitrogens with zero attached hydrogens (tertiary/aromatic N) is 2. The van der Waals surface area contributed by atoms with E-state index in [2.05, 4.69) is 15.6 Å². The first kappa shape index (κ1) is 9.83. The van der Waals surface area contributed by atoms with Crippen molar-refractivity contribution in [2.24, 2.45) is 4.99 Å². The average molecular weight is 230 g/mol. The highest BCUT2D eigenvalue weighted by atomic mass is 16.2. The van der Waals surface area contributed by atoms with E-state index < -0.39 is 18.2 Å². The molecule has 2 N–H and O–H groups in total. The number of carbonyl (C=O) groups is 2. The number of amides is 3. The fraction of sp³-hybridized carbons (Fsp3) is 0.182. The van der Waals surface area contributed by atoms with Crippen molar-refractivity contribution in [3.63, 3.8) is 0 Å². The number of hydrogen-bond acceptors (Lipinski definition) is 4. The number of rotatable bonds is 1. The van der Waals surface area contributed by atoms with Crippen molar-refractivity contribution in [1.82, 2.24) is 10.6 Å². The van der Waals surface area contributed by atoms with Crippen LogP contribution in [0.3, 0.4) is 0 Å². The summed E-state index contributed by atoms with van der Waals surface area (Å²) in [5, 5.41) is 4.88. The lowest BCUT2D eigenvalue weighted by molar-refractivity contribution is -0.122. The second kappa shape index (κ2) is 3.58. The van der Waals surface area contributed by atoms with Crippen LogP contribution in [0, 0.1) is 0 Å². The molecule has 6 heteroatoms. The highest BCUT2D eigenvalue weighted by molar-refractivity contribution is 6.04. The zero-order valence-corrected chi connectivity index (χ0v) is 8.83. The fourth-order valence-electron chi connectivity index (χ4n) is 1.99. The minimum Gasteiger partial charge on any atom is -0.315 e. The average Bonchev–Trinajstić information content (AvgIpc) is 2.74. The number of hydrogen-bond donors (Lipinski definition) is 2. The zero-order valence-electron chi connectivity index (χ0n) is 8.83. The van der Waals surface area contributed by atoms with Gasteiger partial charge in [-0.15, -0.1) is 0 Å². The van der Waals surface area contributed by atoms with Crippen molar-refractivity contribution in [3.8, 4) is 0 Å². The van der Waals surface area contributed by atoms with Gasteiger partial charge in [0.15, 0.2) is 6.04 Å². The monoisotopic (exact) mass is 230 g/mol. The molecule has 1 saturated heterocycles. The summed E-state index contributed by atoms with van der Waals surface area (Å²) in [5.41, 5.74) is 0.888. The van der Waals surface area contributed by atoms with Gasteiger partial charge in [-0.2, -0.15) is 0 Å². The Balaban J connectivity index is 1.92. The molecular formula is C11H10N4O2. The third-order valence-corrected chi connectivity index (χ3v) is 2.79. The summed E-state index contributed by atoms with van der Waals surface area (Å²) in [6, 6.07) is 8.42. The lowest BCUT2D eigenvalue weighted by Crippen LogP contribution is -2.63. The molecule has 2 heterocycles. The van der Waals surface area contributed by atoms with Crippen molar-refractivity contribution in [3.05, 3.63) is 30.3 Å². The number of imide groups is 1. The molecule has 1 aromatic carbocycles. The van der Waals surface area contributed by atoms with Gasteiger partial charge in [-0.3, -0.25) is 15.1 Å². The third-order valence-electron chi connectivity index (χ3n) is 2.79. The predicted molar refractivity (Wildman–Crippen MR) is 61.7 cm³/mol. The Labute approximate surface area is 97.3 Å². The number of para-hydroxylation sites is 1. The summed E-state index contributed by atoms with van der Waals surface area (Å²) in [7, 11) is 0. The molecule has 2 aliphatic rings. The Morgan fingerprint density at radius 2 is 1.94 bits per heavy atom. The Hall–Kier alpha value is -2.37. The van der Waals surface area contributed by atoms with Gasteiger partial charge < -0.3 is 10.2 Å². The topological polar surface area (TPSA) is 73.8 Å². The van der Waals surface area contributed by atoms with Crippen molar-refractivity contribution in [2.75, 3.05) is 4.90 Å². The van der Waals surface area contributed by atoms with E-state index in [4.69, 9.17) is 0 Å². The van der Waals surface area contributed by atoms with Crippen LogP contribution in [0.1, 0.15) is 0 Å². The van der Waals surface area contributed by atoms with Crippen molar-refractivity contribution in [2.45, 2.75) is 12.2 Å². The Bertz CT molecular complexity index is 499. The normalized spacial score (nSPS) is 26.5. The molecule has 1 aromatic rings. The first-order chi connectivity index (χ1) is 8.25. The van der Waals surface area contributed by atoms with Crippen LogP contribution in [-0.4, -0.2) is 30.5 Å². The van der Waals surface area contributed by atoms with Gasteiger partial charge in [-0.25, -0.2) is 4.79 Å². The highest BCUT2D eigenvalue weighted by Crippen LogP contribution is 2.22. The second-order valence-electron chi connectivity index (χ2n) is 3.86. The smallest absolute Gasteiger partial charge is 0.315 e. The molecule has 0 radical (unpaired) electrons. The molecule has 86 valence electrons. The van der Waals surface area contributed by atoms with Gasteiger partial charge in [0.1, 0.15) is 6.17 Å². The van der Waals surface area contributed by atoms with Crippen LogP contribution < -0.4 is 15.5 Å². The van der Waals surface area contributed by atoms with E-state index in [0.717, 1.165) is 5.69 Å². The maximum Gasteiger partial charge on any atom is 0.323 e. The predicted octanol–water partition coefficient (Wildman–Crippen LogP) is 0.0690. The van der Waals surface area contributed by atoms with Crippen LogP contribution >= 0.6 is 0 Å². The molecule has 0 saturated carbocycles. The molecule has 3 rings (SSSR count). The van der Waals surface area contributed by atoms with E-state index in [-0.39, 0.29) is 5.91 Å². The summed E-state index contributed by atoms with van der Waals surface area (Å²) in [6.45, 7) is 0. The lowest BCUT2D eigenvalue weighted by Gasteiger charge is -2.31. The van der Waals surface area contributed by atoms with E-state index >= 15 is 0 Å². The van der Waals surface area contributed by atoms with Gasteiger partial charge in [0.2, 0.25) is 0 Å². The third kappa shape index (κ3) is 1.54. The highest BCUT2D eigenvalue weighted by Gasteiger charge is 2.41. The Morgan fingerprint density at radius 3 is 2.71 bits per heavy atom. The summed E-state index contributed by atoms with van der Waals surface area (Å²) in [4.78, 5) is 28.7. The molecule has 2 atom stereocenters. The van der Waals surface area contributed by atoms with Crippen molar-refractivity contribution >= 4 is 24.0 Å². The quantitative estimate of drug-likeness (QED) is 0.717. The summed E-state index contributed by atoms with van der Waals surface area (Å²) in [5.74, 6) is -0.367. The number of urea groups is 1. The fourth-order valence-corrected chi connectivity index (χ4v) is 1.99. The van der Waals surface area contributed by atoms with Crippen LogP contribution in [0.25, 0.3) is 0 Å². The van der Waals surface area contributed by atoms with Crippen LogP contribution in [0.2, 0.25) is 0 Å². The van der Waals surface area contributed by atoms with E-state index in [0.29, 0.717) is 0 Å². The molecule has 0 aromatic heterocycles. The van der Waals surface area contributed by atoms with E-state index in [9.17, 15) is 9.59 Å². The molecule has 0 aliphatic carbocycles. The summed E-state index contributed by atoms with van der Waals surface area (Å²) < 4.78 is 0.